The highest BCUT2D eigenvalue weighted by molar-refractivity contribution is 7.43. The van der Waals surface area contributed by atoms with Gasteiger partial charge in [-0.1, -0.05) is 0 Å². The summed E-state index contributed by atoms with van der Waals surface area (Å²) in [6.45, 7) is -0.680. The van der Waals surface area contributed by atoms with Gasteiger partial charge < -0.3 is 24.0 Å². The maximum Gasteiger partial charge on any atom is 0.296 e. The number of carbonyl (C=O) groups is 2. The fraction of sp³-hybridized carbons (Fsp3) is 0. The van der Waals surface area contributed by atoms with E-state index in [1.807, 2.05) is 0 Å². The predicted octanol–water partition coefficient (Wildman–Crippen LogP) is -2.31. The van der Waals surface area contributed by atoms with Gasteiger partial charge >= 0.3 is 0 Å². The Kier molecular flexibility index (Phi) is 7.35. The molecule has 0 unspecified atom stereocenters. The van der Waals surface area contributed by atoms with Crippen molar-refractivity contribution >= 4 is 20.8 Å². The third-order valence-electron chi connectivity index (χ3n) is 0.172. The molecule has 0 amide bonds. The Labute approximate surface area is 55.5 Å². The zero-order chi connectivity index (χ0) is 8.62. The van der Waals surface area contributed by atoms with Crippen LogP contribution in [-0.4, -0.2) is 18.1 Å². The van der Waals surface area contributed by atoms with E-state index >= 15 is 0 Å². The zero-order valence-corrected chi connectivity index (χ0v) is 5.39. The first kappa shape index (κ1) is 11.8. The normalized spacial score (nSPS) is 8.60. The Balaban J connectivity index is 0. The first-order valence-corrected chi connectivity index (χ1v) is 3.16. The number of carboxylic acid groups (broad SMARTS) is 1. The van der Waals surface area contributed by atoms with Crippen molar-refractivity contribution in [1.29, 1.82) is 0 Å². The Hall–Kier alpha value is -0.910. The van der Waals surface area contributed by atoms with E-state index in [0.717, 1.165) is 0 Å². The fourth-order valence-corrected chi connectivity index (χ4v) is 0.158. The van der Waals surface area contributed by atoms with Crippen molar-refractivity contribution in [3.63, 3.8) is 0 Å². The Bertz CT molecular complexity index is 135. The van der Waals surface area contributed by atoms with Crippen LogP contribution < -0.4 is 9.79 Å². The molecule has 0 aliphatic rings. The van der Waals surface area contributed by atoms with Crippen molar-refractivity contribution in [3.8, 4) is 0 Å². The van der Waals surface area contributed by atoms with Crippen LogP contribution in [0.25, 0.3) is 0 Å². The molecule has 8 heteroatoms. The lowest BCUT2D eigenvalue weighted by Crippen LogP contribution is -2.15. The molecule has 0 atom stereocenters. The molecule has 1 N–H and O–H groups in total. The van der Waals surface area contributed by atoms with E-state index in [9.17, 15) is 14.4 Å². The summed E-state index contributed by atoms with van der Waals surface area (Å²) in [5.74, 6) is 0. The number of rotatable bonds is 2. The summed E-state index contributed by atoms with van der Waals surface area (Å²) in [4.78, 5) is 35.9. The molecule has 0 saturated heterocycles. The van der Waals surface area contributed by atoms with Crippen LogP contribution in [-0.2, 0) is 18.7 Å². The van der Waals surface area contributed by atoms with Crippen LogP contribution in [0.4, 0.5) is 0 Å². The summed E-state index contributed by atoms with van der Waals surface area (Å²) in [5.41, 5.74) is 0. The van der Waals surface area contributed by atoms with Crippen LogP contribution >= 0.6 is 7.82 Å². The first-order valence-electron chi connectivity index (χ1n) is 1.70. The van der Waals surface area contributed by atoms with Crippen molar-refractivity contribution in [2.45, 2.75) is 0 Å². The van der Waals surface area contributed by atoms with Crippen LogP contribution in [0, 0.1) is 0 Å². The summed E-state index contributed by atoms with van der Waals surface area (Å²) in [5, 5.41) is 6.89. The summed E-state index contributed by atoms with van der Waals surface area (Å²) < 4.78 is 12.2. The first-order chi connectivity index (χ1) is 4.47. The average Bonchev–Trinajstić information content (AvgIpc) is 1.63. The number of hydrogen-bond acceptors (Lipinski definition) is 6. The molecule has 0 aromatic rings. The lowest BCUT2D eigenvalue weighted by atomic mass is 11.7. The molecular weight excluding hydrogens is 167 g/mol. The van der Waals surface area contributed by atoms with Crippen molar-refractivity contribution in [1.82, 2.24) is 0 Å². The lowest BCUT2D eigenvalue weighted by molar-refractivity contribution is -0.336. The predicted molar refractivity (Wildman–Crippen MR) is 23.4 cm³/mol. The molecule has 60 valence electrons. The van der Waals surface area contributed by atoms with Crippen LogP contribution in [0.2, 0.25) is 0 Å². The highest BCUT2D eigenvalue weighted by Crippen LogP contribution is 2.21. The number of phosphoric ester groups is 1. The quantitative estimate of drug-likeness (QED) is 0.364. The highest BCUT2D eigenvalue weighted by Gasteiger charge is 1.81. The van der Waals surface area contributed by atoms with Gasteiger partial charge in [0, 0.05) is 0 Å². The molecule has 7 nitrogen and oxygen atoms in total. The molecule has 0 aromatic carbocycles. The van der Waals surface area contributed by atoms with Gasteiger partial charge in [-0.2, -0.15) is 0 Å². The van der Waals surface area contributed by atoms with Gasteiger partial charge in [0.05, 0.1) is 0 Å². The minimum absolute atomic E-state index is 0.250. The zero-order valence-electron chi connectivity index (χ0n) is 4.50. The second-order valence-corrected chi connectivity index (χ2v) is 1.86. The molecule has 0 saturated carbocycles. The summed E-state index contributed by atoms with van der Waals surface area (Å²) >= 11 is 0. The number of hydrogen-bond donors (Lipinski definition) is 1. The van der Waals surface area contributed by atoms with E-state index in [4.69, 9.17) is 14.7 Å². The van der Waals surface area contributed by atoms with Gasteiger partial charge in [0.2, 0.25) is 0 Å². The van der Waals surface area contributed by atoms with Gasteiger partial charge in [-0.05, 0) is 0 Å². The third-order valence-corrected chi connectivity index (χ3v) is 0.516. The van der Waals surface area contributed by atoms with Crippen molar-refractivity contribution in [3.05, 3.63) is 0 Å². The third kappa shape index (κ3) is 27.5. The van der Waals surface area contributed by atoms with E-state index < -0.39 is 14.3 Å². The average molecular weight is 170 g/mol. The SMILES string of the molecule is O=CO.O=COP(=O)([O-])[O-]. The summed E-state index contributed by atoms with van der Waals surface area (Å²) in [6.07, 6.45) is 0. The van der Waals surface area contributed by atoms with Crippen molar-refractivity contribution in [2.75, 3.05) is 0 Å². The number of phosphoric acid groups is 1. The molecule has 0 rings (SSSR count). The molecular formula is C2H3O7P-2. The van der Waals surface area contributed by atoms with E-state index in [-0.39, 0.29) is 6.47 Å². The van der Waals surface area contributed by atoms with Gasteiger partial charge in [0.15, 0.2) is 0 Å². The maximum absolute atomic E-state index is 9.25. The van der Waals surface area contributed by atoms with Crippen LogP contribution in [0.3, 0.4) is 0 Å². The van der Waals surface area contributed by atoms with Gasteiger partial charge in [-0.15, -0.1) is 0 Å². The molecule has 0 aliphatic heterocycles. The number of carbonyl (C=O) groups excluding carboxylic acids is 1. The standard InChI is InChI=1S/CH3O5P.CH2O2/c2-1-6-7(3,4)5;2-1-3/h1H,(H2,3,4,5);1H,(H,2,3)/p-2. The maximum atomic E-state index is 9.25. The van der Waals surface area contributed by atoms with Crippen LogP contribution in [0.1, 0.15) is 0 Å². The van der Waals surface area contributed by atoms with E-state index in [0.29, 0.717) is 0 Å². The van der Waals surface area contributed by atoms with Crippen LogP contribution in [0.15, 0.2) is 0 Å². The minimum atomic E-state index is -5.03. The molecule has 0 radical (unpaired) electrons. The van der Waals surface area contributed by atoms with Gasteiger partial charge in [-0.3, -0.25) is 9.59 Å². The second kappa shape index (κ2) is 6.21. The molecule has 0 spiro atoms. The molecule has 10 heavy (non-hydrogen) atoms. The minimum Gasteiger partial charge on any atom is -0.780 e. The molecule has 0 bridgehead atoms. The van der Waals surface area contributed by atoms with E-state index in [2.05, 4.69) is 4.52 Å². The van der Waals surface area contributed by atoms with Crippen molar-refractivity contribution in [2.24, 2.45) is 0 Å². The Morgan fingerprint density at radius 1 is 1.40 bits per heavy atom. The molecule has 0 fully saturated rings. The van der Waals surface area contributed by atoms with Crippen LogP contribution in [0.5, 0.6) is 0 Å². The summed E-state index contributed by atoms with van der Waals surface area (Å²) in [7, 11) is -5.03. The second-order valence-electron chi connectivity index (χ2n) is 0.754. The fourth-order valence-electron chi connectivity index (χ4n) is 0.0527. The van der Waals surface area contributed by atoms with Crippen molar-refractivity contribution < 1.29 is 33.6 Å². The van der Waals surface area contributed by atoms with Gasteiger partial charge in [0.1, 0.15) is 7.82 Å². The van der Waals surface area contributed by atoms with E-state index in [1.165, 1.54) is 0 Å². The van der Waals surface area contributed by atoms with E-state index in [1.54, 1.807) is 0 Å². The lowest BCUT2D eigenvalue weighted by Gasteiger charge is -2.24. The largest absolute Gasteiger partial charge is 0.780 e. The Morgan fingerprint density at radius 3 is 1.70 bits per heavy atom. The molecule has 0 heterocycles. The smallest absolute Gasteiger partial charge is 0.296 e. The topological polar surface area (TPSA) is 127 Å². The summed E-state index contributed by atoms with van der Waals surface area (Å²) in [6, 6.07) is 0. The molecule has 0 aliphatic carbocycles. The highest BCUT2D eigenvalue weighted by atomic mass is 31.2. The van der Waals surface area contributed by atoms with Gasteiger partial charge in [0.25, 0.3) is 12.9 Å². The van der Waals surface area contributed by atoms with Gasteiger partial charge in [-0.25, -0.2) is 0 Å². The Morgan fingerprint density at radius 2 is 1.70 bits per heavy atom. The molecule has 0 aromatic heterocycles. The monoisotopic (exact) mass is 170 g/mol.